The average Bonchev–Trinajstić information content (AvgIpc) is 1.99. The van der Waals surface area contributed by atoms with Crippen LogP contribution >= 0.6 is 0 Å². The van der Waals surface area contributed by atoms with Crippen LogP contribution in [0.2, 0.25) is 0 Å². The van der Waals surface area contributed by atoms with Crippen LogP contribution in [0.25, 0.3) is 0 Å². The van der Waals surface area contributed by atoms with E-state index in [-0.39, 0.29) is 0 Å². The molecule has 2 N–H and O–H groups in total. The topological polar surface area (TPSA) is 56.0 Å². The van der Waals surface area contributed by atoms with Gasteiger partial charge in [0.05, 0.1) is 11.0 Å². The van der Waals surface area contributed by atoms with Gasteiger partial charge in [-0.25, -0.2) is 0 Å². The molecule has 0 unspecified atom stereocenters. The molecule has 0 aromatic carbocycles. The Balaban J connectivity index is 3.53. The van der Waals surface area contributed by atoms with Gasteiger partial charge in [0.15, 0.2) is 0 Å². The van der Waals surface area contributed by atoms with Crippen LogP contribution < -0.4 is 5.73 Å². The number of nitrogens with two attached hydrogens (primary N) is 1. The standard InChI is InChI=1S/C6H6N2O/c7-6(9)5-2-1-3-8-4-5/h1-4H,(H2,7,9)/i1D,2D,3D,4D. The highest BCUT2D eigenvalue weighted by Crippen LogP contribution is 1.91. The summed E-state index contributed by atoms with van der Waals surface area (Å²) >= 11 is 0. The average molecular weight is 126 g/mol. The fourth-order valence-electron chi connectivity index (χ4n) is 0.347. The summed E-state index contributed by atoms with van der Waals surface area (Å²) in [7, 11) is 0. The van der Waals surface area contributed by atoms with Gasteiger partial charge in [0, 0.05) is 12.3 Å². The fourth-order valence-corrected chi connectivity index (χ4v) is 0.347. The van der Waals surface area contributed by atoms with Crippen LogP contribution in [0.5, 0.6) is 0 Å². The zero-order valence-electron chi connectivity index (χ0n) is 8.43. The Morgan fingerprint density at radius 2 is 2.67 bits per heavy atom. The molecule has 0 fully saturated rings. The van der Waals surface area contributed by atoms with E-state index in [1.807, 2.05) is 0 Å². The number of amides is 1. The van der Waals surface area contributed by atoms with E-state index < -0.39 is 35.9 Å². The van der Waals surface area contributed by atoms with Crippen molar-refractivity contribution in [2.45, 2.75) is 0 Å². The summed E-state index contributed by atoms with van der Waals surface area (Å²) in [5.41, 5.74) is 4.46. The van der Waals surface area contributed by atoms with Crippen LogP contribution in [0.3, 0.4) is 0 Å². The molecule has 3 nitrogen and oxygen atoms in total. The van der Waals surface area contributed by atoms with Crippen LogP contribution in [-0.4, -0.2) is 10.9 Å². The number of rotatable bonds is 1. The van der Waals surface area contributed by atoms with Gasteiger partial charge in [-0.15, -0.1) is 0 Å². The molecule has 1 amide bonds. The van der Waals surface area contributed by atoms with Crippen LogP contribution in [0.15, 0.2) is 24.4 Å². The lowest BCUT2D eigenvalue weighted by molar-refractivity contribution is 0.1000. The van der Waals surface area contributed by atoms with E-state index in [0.29, 0.717) is 0 Å². The second-order valence-corrected chi connectivity index (χ2v) is 1.32. The van der Waals surface area contributed by atoms with E-state index >= 15 is 0 Å². The van der Waals surface area contributed by atoms with Crippen molar-refractivity contribution in [1.29, 1.82) is 0 Å². The van der Waals surface area contributed by atoms with Crippen molar-refractivity contribution in [3.63, 3.8) is 0 Å². The summed E-state index contributed by atoms with van der Waals surface area (Å²) in [6.45, 7) is 0. The molecule has 1 rings (SSSR count). The van der Waals surface area contributed by atoms with Gasteiger partial charge in [-0.3, -0.25) is 9.78 Å². The molecular weight excluding hydrogens is 116 g/mol. The number of carbonyl (C=O) groups excluding carboxylic acids is 1. The third-order valence-electron chi connectivity index (χ3n) is 0.713. The first-order valence-electron chi connectivity index (χ1n) is 4.19. The number of nitrogens with zero attached hydrogens (tertiary/aromatic N) is 1. The Morgan fingerprint density at radius 1 is 1.89 bits per heavy atom. The van der Waals surface area contributed by atoms with Gasteiger partial charge in [-0.1, -0.05) is 0 Å². The lowest BCUT2D eigenvalue weighted by atomic mass is 10.3. The Labute approximate surface area is 58.1 Å². The van der Waals surface area contributed by atoms with Crippen molar-refractivity contribution >= 4 is 5.91 Å². The molecule has 1 aromatic heterocycles. The van der Waals surface area contributed by atoms with Crippen molar-refractivity contribution < 1.29 is 10.3 Å². The summed E-state index contributed by atoms with van der Waals surface area (Å²) in [6.07, 6.45) is -1.03. The molecule has 0 bridgehead atoms. The van der Waals surface area contributed by atoms with Crippen LogP contribution in [0, 0.1) is 0 Å². The molecule has 3 heteroatoms. The Bertz CT molecular complexity index is 379. The number of pyridine rings is 1. The molecule has 0 saturated carbocycles. The van der Waals surface area contributed by atoms with Crippen molar-refractivity contribution in [1.82, 2.24) is 4.98 Å². The van der Waals surface area contributed by atoms with Crippen molar-refractivity contribution in [3.8, 4) is 0 Å². The first-order chi connectivity index (χ1) is 5.95. The van der Waals surface area contributed by atoms with E-state index in [0.717, 1.165) is 0 Å². The van der Waals surface area contributed by atoms with Crippen LogP contribution in [0.4, 0.5) is 0 Å². The highest BCUT2D eigenvalue weighted by Gasteiger charge is 1.94. The largest absolute Gasteiger partial charge is 0.366 e. The molecular formula is C6H6N2O. The van der Waals surface area contributed by atoms with Gasteiger partial charge in [0.1, 0.15) is 0 Å². The van der Waals surface area contributed by atoms with E-state index in [4.69, 9.17) is 11.2 Å². The van der Waals surface area contributed by atoms with Gasteiger partial charge in [0.2, 0.25) is 5.91 Å². The van der Waals surface area contributed by atoms with Crippen molar-refractivity contribution in [2.24, 2.45) is 5.73 Å². The summed E-state index contributed by atoms with van der Waals surface area (Å²) in [5.74, 6) is -0.976. The lowest BCUT2D eigenvalue weighted by Crippen LogP contribution is -2.10. The number of hydrogen-bond acceptors (Lipinski definition) is 2. The quantitative estimate of drug-likeness (QED) is 0.583. The second kappa shape index (κ2) is 2.26. The third kappa shape index (κ3) is 1.25. The molecule has 46 valence electrons. The maximum Gasteiger partial charge on any atom is 0.250 e. The molecule has 1 heterocycles. The van der Waals surface area contributed by atoms with Crippen LogP contribution in [-0.2, 0) is 0 Å². The predicted molar refractivity (Wildman–Crippen MR) is 32.8 cm³/mol. The number of carbonyl (C=O) groups is 1. The number of aromatic nitrogens is 1. The van der Waals surface area contributed by atoms with E-state index in [1.54, 1.807) is 0 Å². The molecule has 0 radical (unpaired) electrons. The Hall–Kier alpha value is -1.38. The van der Waals surface area contributed by atoms with Gasteiger partial charge >= 0.3 is 0 Å². The minimum absolute atomic E-state index is 0.416. The SMILES string of the molecule is [2H]c1nc([2H])c(C(N)=O)c([2H])c1[2H]. The summed E-state index contributed by atoms with van der Waals surface area (Å²) < 4.78 is 28.6. The maximum atomic E-state index is 10.7. The lowest BCUT2D eigenvalue weighted by Gasteiger charge is -1.88. The highest BCUT2D eigenvalue weighted by atomic mass is 16.1. The summed E-state index contributed by atoms with van der Waals surface area (Å²) in [6, 6.07) is -1.01. The van der Waals surface area contributed by atoms with E-state index in [2.05, 4.69) is 4.98 Å². The molecule has 0 aliphatic carbocycles. The van der Waals surface area contributed by atoms with Gasteiger partial charge in [0.25, 0.3) is 0 Å². The van der Waals surface area contributed by atoms with Crippen molar-refractivity contribution in [2.75, 3.05) is 0 Å². The van der Waals surface area contributed by atoms with E-state index in [1.165, 1.54) is 0 Å². The predicted octanol–water partition coefficient (Wildman–Crippen LogP) is 0.181. The molecule has 0 aliphatic rings. The van der Waals surface area contributed by atoms with Gasteiger partial charge < -0.3 is 5.73 Å². The molecule has 9 heavy (non-hydrogen) atoms. The number of hydrogen-bond donors (Lipinski definition) is 1. The molecule has 0 saturated heterocycles. The fraction of sp³-hybridized carbons (Fsp3) is 0. The monoisotopic (exact) mass is 126 g/mol. The highest BCUT2D eigenvalue weighted by molar-refractivity contribution is 5.92. The minimum Gasteiger partial charge on any atom is -0.366 e. The normalized spacial score (nSPS) is 15.1. The van der Waals surface area contributed by atoms with Crippen molar-refractivity contribution in [3.05, 3.63) is 30.0 Å². The molecule has 0 atom stereocenters. The Morgan fingerprint density at radius 3 is 3.33 bits per heavy atom. The Kier molecular flexibility index (Phi) is 0.621. The first kappa shape index (κ1) is 2.47. The number of primary amides is 1. The second-order valence-electron chi connectivity index (χ2n) is 1.32. The first-order valence-corrected chi connectivity index (χ1v) is 2.19. The maximum absolute atomic E-state index is 10.7. The molecule has 0 aliphatic heterocycles. The third-order valence-corrected chi connectivity index (χ3v) is 0.713. The molecule has 1 aromatic rings. The molecule has 0 spiro atoms. The van der Waals surface area contributed by atoms with Gasteiger partial charge in [-0.2, -0.15) is 0 Å². The zero-order chi connectivity index (χ0) is 10.2. The summed E-state index contributed by atoms with van der Waals surface area (Å²) in [5, 5.41) is 0. The van der Waals surface area contributed by atoms with E-state index in [9.17, 15) is 4.79 Å². The summed E-state index contributed by atoms with van der Waals surface area (Å²) in [4.78, 5) is 14.0. The zero-order valence-corrected chi connectivity index (χ0v) is 4.43. The minimum atomic E-state index is -0.976. The van der Waals surface area contributed by atoms with Gasteiger partial charge in [-0.05, 0) is 12.1 Å². The van der Waals surface area contributed by atoms with Crippen LogP contribution in [0.1, 0.15) is 15.8 Å². The smallest absolute Gasteiger partial charge is 0.250 e.